The van der Waals surface area contributed by atoms with Crippen LogP contribution in [0.25, 0.3) is 11.3 Å². The zero-order valence-corrected chi connectivity index (χ0v) is 9.54. The van der Waals surface area contributed by atoms with Crippen molar-refractivity contribution in [2.75, 3.05) is 0 Å². The number of hydrogen-bond acceptors (Lipinski definition) is 2. The van der Waals surface area contributed by atoms with Crippen molar-refractivity contribution >= 4 is 0 Å². The number of aromatic nitrogens is 2. The quantitative estimate of drug-likeness (QED) is 0.805. The monoisotopic (exact) mass is 226 g/mol. The highest BCUT2D eigenvalue weighted by Gasteiger charge is 2.22. The summed E-state index contributed by atoms with van der Waals surface area (Å²) in [5, 5.41) is 4.43. The van der Waals surface area contributed by atoms with E-state index in [4.69, 9.17) is 0 Å². The predicted molar refractivity (Wildman–Crippen MR) is 66.7 cm³/mol. The number of nitrogens with zero attached hydrogens (tertiary/aromatic N) is 2. The highest BCUT2D eigenvalue weighted by Crippen LogP contribution is 2.29. The van der Waals surface area contributed by atoms with E-state index in [0.717, 1.165) is 17.8 Å². The molecule has 86 valence electrons. The van der Waals surface area contributed by atoms with Crippen LogP contribution < -0.4 is 5.56 Å². The van der Waals surface area contributed by atoms with Gasteiger partial charge in [-0.1, -0.05) is 30.3 Å². The van der Waals surface area contributed by atoms with Gasteiger partial charge in [0.25, 0.3) is 5.56 Å². The van der Waals surface area contributed by atoms with Crippen LogP contribution in [-0.4, -0.2) is 9.78 Å². The van der Waals surface area contributed by atoms with Gasteiger partial charge in [-0.2, -0.15) is 5.10 Å². The summed E-state index contributed by atoms with van der Waals surface area (Å²) < 4.78 is 1.60. The molecule has 1 aliphatic carbocycles. The molecule has 0 radical (unpaired) electrons. The van der Waals surface area contributed by atoms with Gasteiger partial charge in [-0.05, 0) is 24.8 Å². The van der Waals surface area contributed by atoms with Crippen LogP contribution in [0.3, 0.4) is 0 Å². The van der Waals surface area contributed by atoms with E-state index in [1.54, 1.807) is 16.8 Å². The largest absolute Gasteiger partial charge is 0.268 e. The second-order valence-corrected chi connectivity index (χ2v) is 4.55. The van der Waals surface area contributed by atoms with E-state index in [0.29, 0.717) is 5.92 Å². The summed E-state index contributed by atoms with van der Waals surface area (Å²) in [5.74, 6) is 0.659. The number of hydrogen-bond donors (Lipinski definition) is 0. The minimum Gasteiger partial charge on any atom is -0.268 e. The summed E-state index contributed by atoms with van der Waals surface area (Å²) in [6.07, 6.45) is 2.45. The summed E-state index contributed by atoms with van der Waals surface area (Å²) in [4.78, 5) is 11.7. The smallest absolute Gasteiger partial charge is 0.266 e. The molecular weight excluding hydrogens is 212 g/mol. The molecule has 1 aromatic heterocycles. The van der Waals surface area contributed by atoms with Crippen molar-refractivity contribution in [1.82, 2.24) is 9.78 Å². The molecule has 1 fully saturated rings. The van der Waals surface area contributed by atoms with E-state index < -0.39 is 0 Å². The molecule has 0 atom stereocenters. The summed E-state index contributed by atoms with van der Waals surface area (Å²) in [7, 11) is 0. The fourth-order valence-electron chi connectivity index (χ4n) is 1.89. The fraction of sp³-hybridized carbons (Fsp3) is 0.286. The third kappa shape index (κ3) is 2.28. The molecule has 1 heterocycles. The van der Waals surface area contributed by atoms with Gasteiger partial charge in [0.2, 0.25) is 0 Å². The lowest BCUT2D eigenvalue weighted by molar-refractivity contribution is 0.536. The van der Waals surface area contributed by atoms with Crippen LogP contribution in [-0.2, 0) is 6.54 Å². The molecule has 3 heteroatoms. The molecule has 0 spiro atoms. The standard InChI is InChI=1S/C14H14N2O/c17-14-9-8-13(12-4-2-1-3-5-12)15-16(14)10-11-6-7-11/h1-5,8-9,11H,6-7,10H2. The Morgan fingerprint density at radius 2 is 1.88 bits per heavy atom. The van der Waals surface area contributed by atoms with E-state index in [2.05, 4.69) is 5.10 Å². The van der Waals surface area contributed by atoms with Crippen LogP contribution in [0, 0.1) is 5.92 Å². The number of rotatable bonds is 3. The maximum atomic E-state index is 11.7. The van der Waals surface area contributed by atoms with Crippen LogP contribution in [0.15, 0.2) is 47.3 Å². The molecule has 0 saturated heterocycles. The molecule has 1 aliphatic rings. The Bertz CT molecular complexity index is 570. The molecule has 3 rings (SSSR count). The normalized spacial score (nSPS) is 14.8. The van der Waals surface area contributed by atoms with Gasteiger partial charge in [-0.25, -0.2) is 4.68 Å². The Morgan fingerprint density at radius 1 is 1.12 bits per heavy atom. The molecule has 0 unspecified atom stereocenters. The fourth-order valence-corrected chi connectivity index (χ4v) is 1.89. The van der Waals surface area contributed by atoms with E-state index in [9.17, 15) is 4.79 Å². The maximum absolute atomic E-state index is 11.7. The van der Waals surface area contributed by atoms with E-state index in [1.165, 1.54) is 12.8 Å². The minimum atomic E-state index is -0.00317. The molecule has 2 aromatic rings. The first-order valence-electron chi connectivity index (χ1n) is 5.96. The van der Waals surface area contributed by atoms with Gasteiger partial charge in [0.15, 0.2) is 0 Å². The lowest BCUT2D eigenvalue weighted by Crippen LogP contribution is -2.23. The average molecular weight is 226 g/mol. The Balaban J connectivity index is 1.98. The molecular formula is C14H14N2O. The summed E-state index contributed by atoms with van der Waals surface area (Å²) >= 11 is 0. The van der Waals surface area contributed by atoms with Gasteiger partial charge >= 0.3 is 0 Å². The highest BCUT2D eigenvalue weighted by molar-refractivity contribution is 5.57. The van der Waals surface area contributed by atoms with E-state index >= 15 is 0 Å². The SMILES string of the molecule is O=c1ccc(-c2ccccc2)nn1CC1CC1. The van der Waals surface area contributed by atoms with Crippen molar-refractivity contribution in [2.45, 2.75) is 19.4 Å². The van der Waals surface area contributed by atoms with Crippen LogP contribution >= 0.6 is 0 Å². The van der Waals surface area contributed by atoms with Crippen molar-refractivity contribution in [3.63, 3.8) is 0 Å². The van der Waals surface area contributed by atoms with Crippen LogP contribution in [0.1, 0.15) is 12.8 Å². The van der Waals surface area contributed by atoms with Crippen molar-refractivity contribution in [1.29, 1.82) is 0 Å². The van der Waals surface area contributed by atoms with Crippen molar-refractivity contribution in [2.24, 2.45) is 5.92 Å². The molecule has 17 heavy (non-hydrogen) atoms. The van der Waals surface area contributed by atoms with E-state index in [1.807, 2.05) is 30.3 Å². The van der Waals surface area contributed by atoms with Crippen molar-refractivity contribution in [3.8, 4) is 11.3 Å². The zero-order chi connectivity index (χ0) is 11.7. The Kier molecular flexibility index (Phi) is 2.52. The molecule has 0 aliphatic heterocycles. The molecule has 1 aromatic carbocycles. The van der Waals surface area contributed by atoms with Gasteiger partial charge in [-0.3, -0.25) is 4.79 Å². The molecule has 1 saturated carbocycles. The molecule has 0 N–H and O–H groups in total. The topological polar surface area (TPSA) is 34.9 Å². The predicted octanol–water partition coefficient (Wildman–Crippen LogP) is 2.32. The Labute approximate surface area is 99.7 Å². The average Bonchev–Trinajstić information content (AvgIpc) is 3.17. The van der Waals surface area contributed by atoms with Gasteiger partial charge in [-0.15, -0.1) is 0 Å². The Morgan fingerprint density at radius 3 is 2.59 bits per heavy atom. The van der Waals surface area contributed by atoms with Crippen LogP contribution in [0.5, 0.6) is 0 Å². The van der Waals surface area contributed by atoms with E-state index in [-0.39, 0.29) is 5.56 Å². The lowest BCUT2D eigenvalue weighted by atomic mass is 10.1. The highest BCUT2D eigenvalue weighted by atomic mass is 16.1. The Hall–Kier alpha value is -1.90. The van der Waals surface area contributed by atoms with Crippen LogP contribution in [0.2, 0.25) is 0 Å². The number of benzene rings is 1. The molecule has 0 amide bonds. The minimum absolute atomic E-state index is 0.00317. The lowest BCUT2D eigenvalue weighted by Gasteiger charge is -2.06. The summed E-state index contributed by atoms with van der Waals surface area (Å²) in [5.41, 5.74) is 1.92. The third-order valence-electron chi connectivity index (χ3n) is 3.06. The van der Waals surface area contributed by atoms with Gasteiger partial charge in [0.1, 0.15) is 0 Å². The second kappa shape index (κ2) is 4.17. The van der Waals surface area contributed by atoms with Gasteiger partial charge in [0.05, 0.1) is 5.69 Å². The second-order valence-electron chi connectivity index (χ2n) is 4.55. The molecule has 0 bridgehead atoms. The first kappa shape index (κ1) is 10.3. The van der Waals surface area contributed by atoms with Gasteiger partial charge < -0.3 is 0 Å². The first-order chi connectivity index (χ1) is 8.33. The maximum Gasteiger partial charge on any atom is 0.266 e. The zero-order valence-electron chi connectivity index (χ0n) is 9.54. The summed E-state index contributed by atoms with van der Waals surface area (Å²) in [6.45, 7) is 0.763. The van der Waals surface area contributed by atoms with Gasteiger partial charge in [0, 0.05) is 18.2 Å². The van der Waals surface area contributed by atoms with Crippen LogP contribution in [0.4, 0.5) is 0 Å². The van der Waals surface area contributed by atoms with Crippen molar-refractivity contribution < 1.29 is 0 Å². The first-order valence-corrected chi connectivity index (χ1v) is 5.96. The summed E-state index contributed by atoms with van der Waals surface area (Å²) in [6, 6.07) is 13.4. The molecule has 3 nitrogen and oxygen atoms in total. The third-order valence-corrected chi connectivity index (χ3v) is 3.06. The van der Waals surface area contributed by atoms with Crippen molar-refractivity contribution in [3.05, 3.63) is 52.8 Å².